The van der Waals surface area contributed by atoms with Crippen LogP contribution in [0.15, 0.2) is 6.07 Å². The van der Waals surface area contributed by atoms with Gasteiger partial charge in [0.05, 0.1) is 0 Å². The molecule has 0 radical (unpaired) electrons. The van der Waals surface area contributed by atoms with Gasteiger partial charge in [-0.25, -0.2) is 0 Å². The van der Waals surface area contributed by atoms with Crippen molar-refractivity contribution >= 4 is 11.6 Å². The van der Waals surface area contributed by atoms with E-state index in [4.69, 9.17) is 26.2 Å². The van der Waals surface area contributed by atoms with E-state index in [1.165, 1.54) is 0 Å². The Morgan fingerprint density at radius 1 is 1.33 bits per heavy atom. The zero-order valence-electron chi connectivity index (χ0n) is 7.99. The van der Waals surface area contributed by atoms with Crippen LogP contribution in [0, 0.1) is 0 Å². The number of phenols is 1. The zero-order valence-corrected chi connectivity index (χ0v) is 8.75. The molecule has 1 aromatic carbocycles. The van der Waals surface area contributed by atoms with Crippen molar-refractivity contribution < 1.29 is 19.7 Å². The molecule has 0 spiro atoms. The first kappa shape index (κ1) is 10.4. The number of halogens is 1. The number of aliphatic hydroxyl groups excluding tert-OH is 1. The number of aromatic hydroxyl groups is 1. The molecular formula is C10H11ClO4. The fourth-order valence-electron chi connectivity index (χ4n) is 1.50. The molecule has 82 valence electrons. The summed E-state index contributed by atoms with van der Waals surface area (Å²) in [4.78, 5) is 0. The lowest BCUT2D eigenvalue weighted by atomic mass is 10.1. The van der Waals surface area contributed by atoms with Gasteiger partial charge in [0, 0.05) is 12.2 Å². The lowest BCUT2D eigenvalue weighted by molar-refractivity contribution is 0.170. The molecular weight excluding hydrogens is 220 g/mol. The van der Waals surface area contributed by atoms with E-state index in [1.807, 2.05) is 0 Å². The Labute approximate surface area is 92.0 Å². The number of phenolic OH excluding ortho intramolecular Hbond substituents is 1. The number of hydrogen-bond acceptors (Lipinski definition) is 4. The molecule has 2 rings (SSSR count). The first-order valence-corrected chi connectivity index (χ1v) is 5.02. The van der Waals surface area contributed by atoms with Crippen molar-refractivity contribution in [3.8, 4) is 17.2 Å². The van der Waals surface area contributed by atoms with Crippen molar-refractivity contribution in [2.75, 3.05) is 19.8 Å². The minimum absolute atomic E-state index is 0.0463. The highest BCUT2D eigenvalue weighted by Gasteiger charge is 2.21. The molecule has 0 saturated carbocycles. The maximum atomic E-state index is 9.71. The molecule has 0 atom stereocenters. The normalized spacial score (nSPS) is 14.0. The van der Waals surface area contributed by atoms with Gasteiger partial charge in [-0.15, -0.1) is 0 Å². The highest BCUT2D eigenvalue weighted by atomic mass is 35.5. The van der Waals surface area contributed by atoms with Crippen LogP contribution in [0.25, 0.3) is 0 Å². The van der Waals surface area contributed by atoms with Crippen LogP contribution in [-0.2, 0) is 6.42 Å². The van der Waals surface area contributed by atoms with Crippen LogP contribution in [0.4, 0.5) is 0 Å². The summed E-state index contributed by atoms with van der Waals surface area (Å²) in [6.07, 6.45) is 0.336. The van der Waals surface area contributed by atoms with E-state index in [0.717, 1.165) is 0 Å². The molecule has 0 aromatic heterocycles. The first-order valence-electron chi connectivity index (χ1n) is 4.65. The Morgan fingerprint density at radius 2 is 2.07 bits per heavy atom. The van der Waals surface area contributed by atoms with Crippen LogP contribution in [0.3, 0.4) is 0 Å². The summed E-state index contributed by atoms with van der Waals surface area (Å²) < 4.78 is 10.6. The van der Waals surface area contributed by atoms with Gasteiger partial charge >= 0.3 is 0 Å². The maximum absolute atomic E-state index is 9.71. The highest BCUT2D eigenvalue weighted by Crippen LogP contribution is 2.44. The number of rotatable bonds is 2. The fourth-order valence-corrected chi connectivity index (χ4v) is 1.77. The maximum Gasteiger partial charge on any atom is 0.183 e. The molecule has 4 nitrogen and oxygen atoms in total. The summed E-state index contributed by atoms with van der Waals surface area (Å²) in [6, 6.07) is 1.64. The minimum Gasteiger partial charge on any atom is -0.506 e. The lowest BCUT2D eigenvalue weighted by Gasteiger charge is -2.21. The summed E-state index contributed by atoms with van der Waals surface area (Å²) in [6.45, 7) is 0.835. The van der Waals surface area contributed by atoms with Crippen molar-refractivity contribution in [1.29, 1.82) is 0 Å². The van der Waals surface area contributed by atoms with Gasteiger partial charge in [-0.3, -0.25) is 0 Å². The van der Waals surface area contributed by atoms with E-state index in [9.17, 15) is 5.11 Å². The molecule has 1 aliphatic heterocycles. The Bertz CT molecular complexity index is 378. The molecule has 5 heteroatoms. The monoisotopic (exact) mass is 230 g/mol. The van der Waals surface area contributed by atoms with Crippen LogP contribution >= 0.6 is 11.6 Å². The smallest absolute Gasteiger partial charge is 0.183 e. The van der Waals surface area contributed by atoms with Gasteiger partial charge in [0.1, 0.15) is 24.0 Å². The summed E-state index contributed by atoms with van der Waals surface area (Å²) in [5.74, 6) is 0.851. The predicted octanol–water partition coefficient (Wildman–Crippen LogP) is 1.35. The second kappa shape index (κ2) is 4.16. The van der Waals surface area contributed by atoms with E-state index in [0.29, 0.717) is 36.7 Å². The molecule has 0 saturated heterocycles. The summed E-state index contributed by atoms with van der Waals surface area (Å²) >= 11 is 5.92. The lowest BCUT2D eigenvalue weighted by Crippen LogP contribution is -2.16. The third-order valence-corrected chi connectivity index (χ3v) is 2.56. The summed E-state index contributed by atoms with van der Waals surface area (Å²) in [5, 5.41) is 18.7. The van der Waals surface area contributed by atoms with E-state index >= 15 is 0 Å². The molecule has 0 fully saturated rings. The van der Waals surface area contributed by atoms with Crippen molar-refractivity contribution in [1.82, 2.24) is 0 Å². The van der Waals surface area contributed by atoms with E-state index < -0.39 is 0 Å². The van der Waals surface area contributed by atoms with E-state index in [1.54, 1.807) is 6.07 Å². The van der Waals surface area contributed by atoms with Crippen LogP contribution in [0.1, 0.15) is 5.56 Å². The third-order valence-electron chi connectivity index (χ3n) is 2.21. The molecule has 0 unspecified atom stereocenters. The summed E-state index contributed by atoms with van der Waals surface area (Å²) in [5.41, 5.74) is 0.562. The number of ether oxygens (including phenoxy) is 2. The van der Waals surface area contributed by atoms with Gasteiger partial charge in [-0.1, -0.05) is 11.6 Å². The van der Waals surface area contributed by atoms with Crippen LogP contribution < -0.4 is 9.47 Å². The second-order valence-corrected chi connectivity index (χ2v) is 3.57. The molecule has 1 aliphatic rings. The largest absolute Gasteiger partial charge is 0.506 e. The minimum atomic E-state index is -0.0521. The average Bonchev–Trinajstić information content (AvgIpc) is 2.26. The SMILES string of the molecule is OCCc1cc2c(c(Cl)c1O)OCCO2. The highest BCUT2D eigenvalue weighted by molar-refractivity contribution is 6.33. The van der Waals surface area contributed by atoms with Crippen molar-refractivity contribution in [3.05, 3.63) is 16.7 Å². The van der Waals surface area contributed by atoms with Crippen molar-refractivity contribution in [2.45, 2.75) is 6.42 Å². The van der Waals surface area contributed by atoms with Gasteiger partial charge in [0.2, 0.25) is 0 Å². The zero-order chi connectivity index (χ0) is 10.8. The van der Waals surface area contributed by atoms with E-state index in [-0.39, 0.29) is 17.4 Å². The van der Waals surface area contributed by atoms with E-state index in [2.05, 4.69) is 0 Å². The molecule has 0 amide bonds. The van der Waals surface area contributed by atoms with Crippen LogP contribution in [0.2, 0.25) is 5.02 Å². The molecule has 1 aromatic rings. The van der Waals surface area contributed by atoms with Gasteiger partial charge in [0.15, 0.2) is 11.5 Å². The van der Waals surface area contributed by atoms with Crippen LogP contribution in [-0.4, -0.2) is 30.0 Å². The number of fused-ring (bicyclic) bond motifs is 1. The molecule has 0 aliphatic carbocycles. The van der Waals surface area contributed by atoms with Gasteiger partial charge in [0.25, 0.3) is 0 Å². The van der Waals surface area contributed by atoms with Crippen molar-refractivity contribution in [3.63, 3.8) is 0 Å². The number of aliphatic hydroxyl groups is 1. The predicted molar refractivity (Wildman–Crippen MR) is 54.9 cm³/mol. The van der Waals surface area contributed by atoms with Crippen molar-refractivity contribution in [2.24, 2.45) is 0 Å². The number of hydrogen-bond donors (Lipinski definition) is 2. The standard InChI is InChI=1S/C10H11ClO4/c11-8-9(13)6(1-2-12)5-7-10(8)15-4-3-14-7/h5,12-13H,1-4H2. The summed E-state index contributed by atoms with van der Waals surface area (Å²) in [7, 11) is 0. The molecule has 0 bridgehead atoms. The Morgan fingerprint density at radius 3 is 2.80 bits per heavy atom. The Kier molecular flexibility index (Phi) is 2.88. The van der Waals surface area contributed by atoms with Gasteiger partial charge < -0.3 is 19.7 Å². The van der Waals surface area contributed by atoms with Gasteiger partial charge in [-0.2, -0.15) is 0 Å². The quantitative estimate of drug-likeness (QED) is 0.805. The Balaban J connectivity index is 2.47. The first-order chi connectivity index (χ1) is 7.24. The number of benzene rings is 1. The molecule has 1 heterocycles. The fraction of sp³-hybridized carbons (Fsp3) is 0.400. The van der Waals surface area contributed by atoms with Gasteiger partial charge in [-0.05, 0) is 12.5 Å². The third kappa shape index (κ3) is 1.82. The Hall–Kier alpha value is -1.13. The molecule has 2 N–H and O–H groups in total. The topological polar surface area (TPSA) is 58.9 Å². The second-order valence-electron chi connectivity index (χ2n) is 3.20. The average molecular weight is 231 g/mol. The van der Waals surface area contributed by atoms with Crippen LogP contribution in [0.5, 0.6) is 17.2 Å². The molecule has 15 heavy (non-hydrogen) atoms.